The monoisotopic (exact) mass is 428 g/mol. The molecule has 1 fully saturated rings. The zero-order chi connectivity index (χ0) is 21.8. The zero-order valence-corrected chi connectivity index (χ0v) is 18.7. The predicted molar refractivity (Wildman–Crippen MR) is 117 cm³/mol. The first-order valence-corrected chi connectivity index (χ1v) is 12.3. The third kappa shape index (κ3) is 8.98. The standard InChI is InChI=1S/C26H40F4/c1-2-3-4-5-6-7-8-9-10-11-12-13-21-14-16-22(17-15-21)24-19-18-23(20-25(24)27)26(28,29)30/h18-22H,2-17H2,1H3. The van der Waals surface area contributed by atoms with Crippen LogP contribution in [0.15, 0.2) is 18.2 Å². The molecule has 30 heavy (non-hydrogen) atoms. The molecule has 1 aliphatic carbocycles. The van der Waals surface area contributed by atoms with Crippen LogP contribution >= 0.6 is 0 Å². The fraction of sp³-hybridized carbons (Fsp3) is 0.769. The molecule has 1 aromatic rings. The topological polar surface area (TPSA) is 0 Å². The maximum absolute atomic E-state index is 14.2. The molecule has 0 radical (unpaired) electrons. The van der Waals surface area contributed by atoms with Gasteiger partial charge in [-0.1, -0.05) is 90.0 Å². The molecule has 0 unspecified atom stereocenters. The summed E-state index contributed by atoms with van der Waals surface area (Å²) in [6, 6.07) is 3.04. The van der Waals surface area contributed by atoms with E-state index in [1.165, 1.54) is 83.1 Å². The molecule has 0 N–H and O–H groups in total. The SMILES string of the molecule is CCCCCCCCCCCCCC1CCC(c2ccc(C(F)(F)F)cc2F)CC1. The first-order chi connectivity index (χ1) is 14.4. The molecule has 0 spiro atoms. The van der Waals surface area contributed by atoms with Crippen LogP contribution in [-0.2, 0) is 6.18 Å². The van der Waals surface area contributed by atoms with E-state index in [0.29, 0.717) is 17.5 Å². The van der Waals surface area contributed by atoms with E-state index in [1.54, 1.807) is 0 Å². The van der Waals surface area contributed by atoms with Gasteiger partial charge in [-0.05, 0) is 55.2 Å². The largest absolute Gasteiger partial charge is 0.416 e. The molecule has 0 saturated heterocycles. The van der Waals surface area contributed by atoms with Gasteiger partial charge in [-0.15, -0.1) is 0 Å². The molecule has 1 aliphatic rings. The molecule has 0 nitrogen and oxygen atoms in total. The summed E-state index contributed by atoms with van der Waals surface area (Å²) in [6.07, 6.45) is 15.6. The molecular formula is C26H40F4. The molecule has 2 rings (SSSR count). The van der Waals surface area contributed by atoms with Gasteiger partial charge in [-0.2, -0.15) is 13.2 Å². The lowest BCUT2D eigenvalue weighted by atomic mass is 9.76. The first kappa shape index (κ1) is 25.2. The van der Waals surface area contributed by atoms with E-state index in [9.17, 15) is 17.6 Å². The molecule has 0 amide bonds. The number of halogens is 4. The van der Waals surface area contributed by atoms with Crippen molar-refractivity contribution in [2.24, 2.45) is 5.92 Å². The average Bonchev–Trinajstić information content (AvgIpc) is 2.72. The highest BCUT2D eigenvalue weighted by Crippen LogP contribution is 2.40. The van der Waals surface area contributed by atoms with Gasteiger partial charge in [-0.3, -0.25) is 0 Å². The smallest absolute Gasteiger partial charge is 0.207 e. The quantitative estimate of drug-likeness (QED) is 0.217. The lowest BCUT2D eigenvalue weighted by Gasteiger charge is -2.29. The van der Waals surface area contributed by atoms with Crippen molar-refractivity contribution in [3.63, 3.8) is 0 Å². The molecule has 1 saturated carbocycles. The second-order valence-corrected chi connectivity index (χ2v) is 9.28. The van der Waals surface area contributed by atoms with Gasteiger partial charge in [-0.25, -0.2) is 4.39 Å². The van der Waals surface area contributed by atoms with Crippen LogP contribution in [0.1, 0.15) is 127 Å². The van der Waals surface area contributed by atoms with Crippen molar-refractivity contribution in [3.8, 4) is 0 Å². The highest BCUT2D eigenvalue weighted by atomic mass is 19.4. The van der Waals surface area contributed by atoms with Gasteiger partial charge in [0.1, 0.15) is 5.82 Å². The van der Waals surface area contributed by atoms with Crippen molar-refractivity contribution >= 4 is 0 Å². The van der Waals surface area contributed by atoms with Gasteiger partial charge in [0.05, 0.1) is 5.56 Å². The summed E-state index contributed by atoms with van der Waals surface area (Å²) in [5.41, 5.74) is -0.426. The number of alkyl halides is 3. The zero-order valence-electron chi connectivity index (χ0n) is 18.7. The van der Waals surface area contributed by atoms with Crippen molar-refractivity contribution in [3.05, 3.63) is 35.1 Å². The number of unbranched alkanes of at least 4 members (excludes halogenated alkanes) is 10. The second kappa shape index (κ2) is 13.4. The highest BCUT2D eigenvalue weighted by Gasteiger charge is 2.32. The Balaban J connectivity index is 1.55. The summed E-state index contributed by atoms with van der Waals surface area (Å²) in [5, 5.41) is 0. The van der Waals surface area contributed by atoms with Crippen LogP contribution in [0.5, 0.6) is 0 Å². The van der Waals surface area contributed by atoms with Crippen molar-refractivity contribution in [2.45, 2.75) is 122 Å². The maximum atomic E-state index is 14.2. The van der Waals surface area contributed by atoms with E-state index < -0.39 is 17.6 Å². The van der Waals surface area contributed by atoms with E-state index in [1.807, 2.05) is 0 Å². The lowest BCUT2D eigenvalue weighted by Crippen LogP contribution is -2.15. The normalized spacial score (nSPS) is 19.9. The molecule has 0 heterocycles. The van der Waals surface area contributed by atoms with Gasteiger partial charge in [0.15, 0.2) is 0 Å². The Bertz CT molecular complexity index is 585. The van der Waals surface area contributed by atoms with E-state index in [-0.39, 0.29) is 5.92 Å². The Morgan fingerprint density at radius 2 is 1.30 bits per heavy atom. The molecule has 0 aromatic heterocycles. The fourth-order valence-corrected chi connectivity index (χ4v) is 4.89. The van der Waals surface area contributed by atoms with E-state index in [2.05, 4.69) is 6.92 Å². The molecule has 1 aromatic carbocycles. The first-order valence-electron chi connectivity index (χ1n) is 12.3. The van der Waals surface area contributed by atoms with Crippen LogP contribution in [0.2, 0.25) is 0 Å². The third-order valence-corrected chi connectivity index (χ3v) is 6.83. The highest BCUT2D eigenvalue weighted by molar-refractivity contribution is 5.29. The predicted octanol–water partition coefficient (Wildman–Crippen LogP) is 9.82. The van der Waals surface area contributed by atoms with Gasteiger partial charge in [0, 0.05) is 0 Å². The third-order valence-electron chi connectivity index (χ3n) is 6.83. The minimum Gasteiger partial charge on any atom is -0.207 e. The van der Waals surface area contributed by atoms with Crippen molar-refractivity contribution in [1.29, 1.82) is 0 Å². The van der Waals surface area contributed by atoms with Gasteiger partial charge in [0.2, 0.25) is 0 Å². The molecule has 0 atom stereocenters. The summed E-state index contributed by atoms with van der Waals surface area (Å²) >= 11 is 0. The van der Waals surface area contributed by atoms with Gasteiger partial charge >= 0.3 is 6.18 Å². The molecule has 4 heteroatoms. The van der Waals surface area contributed by atoms with Crippen LogP contribution < -0.4 is 0 Å². The average molecular weight is 429 g/mol. The van der Waals surface area contributed by atoms with Gasteiger partial charge < -0.3 is 0 Å². The number of hydrogen-bond donors (Lipinski definition) is 0. The maximum Gasteiger partial charge on any atom is 0.416 e. The van der Waals surface area contributed by atoms with Gasteiger partial charge in [0.25, 0.3) is 0 Å². The van der Waals surface area contributed by atoms with E-state index in [0.717, 1.165) is 31.7 Å². The number of rotatable bonds is 13. The summed E-state index contributed by atoms with van der Waals surface area (Å²) in [6.45, 7) is 2.25. The molecule has 0 aliphatic heterocycles. The van der Waals surface area contributed by atoms with Crippen LogP contribution in [0.3, 0.4) is 0 Å². The minimum absolute atomic E-state index is 0.0702. The fourth-order valence-electron chi connectivity index (χ4n) is 4.89. The second-order valence-electron chi connectivity index (χ2n) is 9.28. The van der Waals surface area contributed by atoms with Crippen molar-refractivity contribution in [1.82, 2.24) is 0 Å². The minimum atomic E-state index is -4.48. The Morgan fingerprint density at radius 3 is 1.80 bits per heavy atom. The Morgan fingerprint density at radius 1 is 0.767 bits per heavy atom. The van der Waals surface area contributed by atoms with Crippen molar-refractivity contribution in [2.75, 3.05) is 0 Å². The van der Waals surface area contributed by atoms with Crippen LogP contribution in [-0.4, -0.2) is 0 Å². The molecule has 172 valence electrons. The van der Waals surface area contributed by atoms with E-state index >= 15 is 0 Å². The number of hydrogen-bond acceptors (Lipinski definition) is 0. The summed E-state index contributed by atoms with van der Waals surface area (Å²) in [4.78, 5) is 0. The van der Waals surface area contributed by atoms with Crippen LogP contribution in [0, 0.1) is 11.7 Å². The van der Waals surface area contributed by atoms with E-state index in [4.69, 9.17) is 0 Å². The molecular weight excluding hydrogens is 388 g/mol. The summed E-state index contributed by atoms with van der Waals surface area (Å²) in [5.74, 6) is 0.0804. The Hall–Kier alpha value is -1.06. The summed E-state index contributed by atoms with van der Waals surface area (Å²) in [7, 11) is 0. The number of benzene rings is 1. The van der Waals surface area contributed by atoms with Crippen LogP contribution in [0.4, 0.5) is 17.6 Å². The molecule has 0 bridgehead atoms. The Kier molecular flexibility index (Phi) is 11.2. The lowest BCUT2D eigenvalue weighted by molar-refractivity contribution is -0.137. The van der Waals surface area contributed by atoms with Crippen LogP contribution in [0.25, 0.3) is 0 Å². The van der Waals surface area contributed by atoms with Crippen molar-refractivity contribution < 1.29 is 17.6 Å². The Labute approximate surface area is 180 Å². The summed E-state index contributed by atoms with van der Waals surface area (Å²) < 4.78 is 52.4.